The third kappa shape index (κ3) is 2.97. The molecule has 2 aliphatic heterocycles. The first-order valence-corrected chi connectivity index (χ1v) is 10.9. The van der Waals surface area contributed by atoms with Gasteiger partial charge in [0.15, 0.2) is 0 Å². The molecule has 156 valence electrons. The lowest BCUT2D eigenvalue weighted by molar-refractivity contribution is -0.141. The van der Waals surface area contributed by atoms with Gasteiger partial charge in [-0.1, -0.05) is 60.0 Å². The Bertz CT molecular complexity index is 1060. The molecule has 1 N–H and O–H groups in total. The molecule has 0 radical (unpaired) electrons. The number of halogens is 2. The number of anilines is 1. The van der Waals surface area contributed by atoms with Gasteiger partial charge in [-0.15, -0.1) is 0 Å². The summed E-state index contributed by atoms with van der Waals surface area (Å²) >= 11 is 12.5. The van der Waals surface area contributed by atoms with E-state index in [1.165, 1.54) is 0 Å². The summed E-state index contributed by atoms with van der Waals surface area (Å²) in [4.78, 5) is 28.7. The molecule has 0 aliphatic carbocycles. The number of carbonyl (C=O) groups excluding carboxylic acids is 2. The molecule has 6 heteroatoms. The first-order chi connectivity index (χ1) is 14.3. The number of hydrogen-bond donors (Lipinski definition) is 1. The van der Waals surface area contributed by atoms with Crippen LogP contribution >= 0.6 is 23.2 Å². The Hall–Kier alpha value is -2.30. The minimum atomic E-state index is -0.967. The van der Waals surface area contributed by atoms with Crippen molar-refractivity contribution in [1.29, 1.82) is 0 Å². The zero-order valence-electron chi connectivity index (χ0n) is 17.2. The molecule has 0 unspecified atom stereocenters. The summed E-state index contributed by atoms with van der Waals surface area (Å²) in [5, 5.41) is 4.20. The number of allylic oxidation sites excluding steroid dienone is 1. The second kappa shape index (κ2) is 7.75. The van der Waals surface area contributed by atoms with Crippen LogP contribution in [0.25, 0.3) is 0 Å². The van der Waals surface area contributed by atoms with Crippen molar-refractivity contribution in [2.24, 2.45) is 0 Å². The number of hydrogen-bond acceptors (Lipinski definition) is 2. The van der Waals surface area contributed by atoms with E-state index in [-0.39, 0.29) is 24.2 Å². The number of nitrogens with one attached hydrogen (secondary N) is 1. The molecule has 1 fully saturated rings. The van der Waals surface area contributed by atoms with Gasteiger partial charge in [0.05, 0.1) is 6.04 Å². The minimum absolute atomic E-state index is 0.0126. The van der Waals surface area contributed by atoms with E-state index >= 15 is 0 Å². The Morgan fingerprint density at radius 3 is 2.60 bits per heavy atom. The minimum Gasteiger partial charge on any atom is -0.338 e. The fourth-order valence-electron chi connectivity index (χ4n) is 5.27. The summed E-state index contributed by atoms with van der Waals surface area (Å²) in [5.41, 5.74) is 2.55. The van der Waals surface area contributed by atoms with Crippen molar-refractivity contribution in [1.82, 2.24) is 4.90 Å². The standard InChI is InChI=1S/C24H24Cl2N2O2/c1-4-14(5-2)22-24(18-10-9-17(26)12-20(18)27-23(24)30)19(13-21(29)28(22)3)15-7-6-8-16(25)11-15/h4,6-12,19,22H,5,13H2,1-3H3,(H,27,30)/t19-,22+,24-/m1/s1. The quantitative estimate of drug-likeness (QED) is 0.632. The van der Waals surface area contributed by atoms with Gasteiger partial charge in [0, 0.05) is 35.1 Å². The molecule has 4 rings (SSSR count). The maximum Gasteiger partial charge on any atom is 0.238 e. The van der Waals surface area contributed by atoms with E-state index in [1.54, 1.807) is 24.1 Å². The number of amides is 2. The third-order valence-electron chi connectivity index (χ3n) is 6.57. The second-order valence-corrected chi connectivity index (χ2v) is 8.82. The fourth-order valence-corrected chi connectivity index (χ4v) is 5.64. The maximum atomic E-state index is 13.8. The highest BCUT2D eigenvalue weighted by Gasteiger charge is 2.62. The van der Waals surface area contributed by atoms with E-state index in [4.69, 9.17) is 23.2 Å². The molecule has 0 saturated carbocycles. The summed E-state index contributed by atoms with van der Waals surface area (Å²) in [6, 6.07) is 12.6. The SMILES string of the molecule is CC=C(CC)[C@@H]1N(C)C(=O)C[C@H](c2cccc(Cl)c2)[C@@]12C(=O)Nc1cc(Cl)ccc12. The second-order valence-electron chi connectivity index (χ2n) is 7.95. The van der Waals surface area contributed by atoms with Crippen LogP contribution in [0.1, 0.15) is 43.7 Å². The molecule has 3 atom stereocenters. The van der Waals surface area contributed by atoms with Gasteiger partial charge < -0.3 is 10.2 Å². The first kappa shape index (κ1) is 21.0. The zero-order chi connectivity index (χ0) is 21.6. The van der Waals surface area contributed by atoms with Gasteiger partial charge in [0.1, 0.15) is 5.41 Å². The number of benzene rings is 2. The van der Waals surface area contributed by atoms with Crippen molar-refractivity contribution < 1.29 is 9.59 Å². The van der Waals surface area contributed by atoms with Crippen LogP contribution < -0.4 is 5.32 Å². The number of likely N-dealkylation sites (N-methyl/N-ethyl adjacent to an activating group) is 1. The highest BCUT2D eigenvalue weighted by atomic mass is 35.5. The van der Waals surface area contributed by atoms with Crippen LogP contribution in [0.15, 0.2) is 54.1 Å². The Morgan fingerprint density at radius 2 is 1.93 bits per heavy atom. The smallest absolute Gasteiger partial charge is 0.238 e. The lowest BCUT2D eigenvalue weighted by Gasteiger charge is -2.51. The molecule has 1 spiro atoms. The number of rotatable bonds is 3. The molecule has 2 aromatic rings. The Labute approximate surface area is 186 Å². The van der Waals surface area contributed by atoms with Crippen LogP contribution in [0.2, 0.25) is 10.0 Å². The van der Waals surface area contributed by atoms with Crippen molar-refractivity contribution >= 4 is 40.7 Å². The van der Waals surface area contributed by atoms with Crippen LogP contribution in [-0.4, -0.2) is 29.8 Å². The van der Waals surface area contributed by atoms with Crippen LogP contribution in [0.3, 0.4) is 0 Å². The number of likely N-dealkylation sites (tertiary alicyclic amines) is 1. The van der Waals surface area contributed by atoms with Crippen LogP contribution in [0.4, 0.5) is 5.69 Å². The molecule has 1 saturated heterocycles. The largest absolute Gasteiger partial charge is 0.338 e. The molecule has 30 heavy (non-hydrogen) atoms. The topological polar surface area (TPSA) is 49.4 Å². The molecule has 2 amide bonds. The number of nitrogens with zero attached hydrogens (tertiary/aromatic N) is 1. The van der Waals surface area contributed by atoms with Crippen LogP contribution in [-0.2, 0) is 15.0 Å². The van der Waals surface area contributed by atoms with Gasteiger partial charge in [-0.05, 0) is 48.7 Å². The van der Waals surface area contributed by atoms with Crippen molar-refractivity contribution in [2.75, 3.05) is 12.4 Å². The molecule has 4 nitrogen and oxygen atoms in total. The average Bonchev–Trinajstić information content (AvgIpc) is 2.99. The normalized spacial score (nSPS) is 26.2. The van der Waals surface area contributed by atoms with Gasteiger partial charge in [-0.25, -0.2) is 0 Å². The van der Waals surface area contributed by atoms with E-state index in [2.05, 4.69) is 12.2 Å². The summed E-state index contributed by atoms with van der Waals surface area (Å²) in [7, 11) is 1.79. The maximum absolute atomic E-state index is 13.8. The van der Waals surface area contributed by atoms with Crippen molar-refractivity contribution in [2.45, 2.75) is 44.1 Å². The van der Waals surface area contributed by atoms with Gasteiger partial charge in [-0.3, -0.25) is 9.59 Å². The van der Waals surface area contributed by atoms with Gasteiger partial charge in [-0.2, -0.15) is 0 Å². The summed E-state index contributed by atoms with van der Waals surface area (Å²) in [6.45, 7) is 4.02. The molecule has 0 bridgehead atoms. The van der Waals surface area contributed by atoms with E-state index < -0.39 is 11.5 Å². The summed E-state index contributed by atoms with van der Waals surface area (Å²) in [5.74, 6) is -0.450. The van der Waals surface area contributed by atoms with Crippen molar-refractivity contribution in [3.63, 3.8) is 0 Å². The van der Waals surface area contributed by atoms with Gasteiger partial charge in [0.25, 0.3) is 0 Å². The molecule has 2 aromatic carbocycles. The summed E-state index contributed by atoms with van der Waals surface area (Å²) < 4.78 is 0. The Kier molecular flexibility index (Phi) is 5.41. The van der Waals surface area contributed by atoms with Crippen LogP contribution in [0.5, 0.6) is 0 Å². The molecular weight excluding hydrogens is 419 g/mol. The number of piperidine rings is 1. The Balaban J connectivity index is 2.06. The van der Waals surface area contributed by atoms with E-state index in [0.29, 0.717) is 15.7 Å². The lowest BCUT2D eigenvalue weighted by atomic mass is 9.58. The fraction of sp³-hybridized carbons (Fsp3) is 0.333. The molecular formula is C24H24Cl2N2O2. The van der Waals surface area contributed by atoms with Crippen molar-refractivity contribution in [3.05, 3.63) is 75.3 Å². The van der Waals surface area contributed by atoms with E-state index in [0.717, 1.165) is 23.1 Å². The molecule has 2 heterocycles. The zero-order valence-corrected chi connectivity index (χ0v) is 18.7. The predicted molar refractivity (Wildman–Crippen MR) is 121 cm³/mol. The van der Waals surface area contributed by atoms with Gasteiger partial charge >= 0.3 is 0 Å². The van der Waals surface area contributed by atoms with Gasteiger partial charge in [0.2, 0.25) is 11.8 Å². The Morgan fingerprint density at radius 1 is 1.20 bits per heavy atom. The monoisotopic (exact) mass is 442 g/mol. The molecule has 0 aromatic heterocycles. The highest BCUT2D eigenvalue weighted by Crippen LogP contribution is 2.56. The van der Waals surface area contributed by atoms with Crippen molar-refractivity contribution in [3.8, 4) is 0 Å². The molecule has 2 aliphatic rings. The lowest BCUT2D eigenvalue weighted by Crippen LogP contribution is -2.62. The third-order valence-corrected chi connectivity index (χ3v) is 7.04. The summed E-state index contributed by atoms with van der Waals surface area (Å²) in [6.07, 6.45) is 2.99. The van der Waals surface area contributed by atoms with Crippen LogP contribution in [0, 0.1) is 0 Å². The number of carbonyl (C=O) groups is 2. The first-order valence-electron chi connectivity index (χ1n) is 10.1. The predicted octanol–water partition coefficient (Wildman–Crippen LogP) is 5.55. The average molecular weight is 443 g/mol. The van der Waals surface area contributed by atoms with E-state index in [9.17, 15) is 9.59 Å². The van der Waals surface area contributed by atoms with E-state index in [1.807, 2.05) is 43.3 Å². The number of fused-ring (bicyclic) bond motifs is 2. The highest BCUT2D eigenvalue weighted by molar-refractivity contribution is 6.31.